The van der Waals surface area contributed by atoms with Crippen molar-refractivity contribution in [2.75, 3.05) is 6.54 Å². The van der Waals surface area contributed by atoms with Crippen LogP contribution in [0.2, 0.25) is 0 Å². The fraction of sp³-hybridized carbons (Fsp3) is 0.357. The predicted octanol–water partition coefficient (Wildman–Crippen LogP) is 5.15. The van der Waals surface area contributed by atoms with Gasteiger partial charge in [-0.2, -0.15) is 0 Å². The molecule has 2 N–H and O–H groups in total. The number of benzene rings is 3. The summed E-state index contributed by atoms with van der Waals surface area (Å²) in [6.45, 7) is 2.42. The van der Waals surface area contributed by atoms with Gasteiger partial charge in [-0.3, -0.25) is 4.90 Å². The summed E-state index contributed by atoms with van der Waals surface area (Å²) in [6, 6.07) is 31.7. The molecule has 1 heterocycles. The number of rotatable bonds is 9. The van der Waals surface area contributed by atoms with Gasteiger partial charge in [-0.05, 0) is 48.9 Å². The summed E-state index contributed by atoms with van der Waals surface area (Å²) >= 11 is 0. The molecule has 0 radical (unpaired) electrons. The summed E-state index contributed by atoms with van der Waals surface area (Å²) in [5.41, 5.74) is 2.80. The van der Waals surface area contributed by atoms with Crippen molar-refractivity contribution in [1.29, 1.82) is 0 Å². The second-order valence-corrected chi connectivity index (χ2v) is 8.69. The van der Waals surface area contributed by atoms with Crippen molar-refractivity contribution < 1.29 is 5.11 Å². The zero-order valence-corrected chi connectivity index (χ0v) is 18.3. The molecule has 0 bridgehead atoms. The summed E-state index contributed by atoms with van der Waals surface area (Å²) in [5.74, 6) is 0. The van der Waals surface area contributed by atoms with Crippen LogP contribution in [-0.4, -0.2) is 28.3 Å². The maximum absolute atomic E-state index is 12.3. The van der Waals surface area contributed by atoms with Gasteiger partial charge >= 0.3 is 0 Å². The van der Waals surface area contributed by atoms with Crippen LogP contribution in [0, 0.1) is 0 Å². The Hall–Kier alpha value is -2.46. The third-order valence-electron chi connectivity index (χ3n) is 6.47. The lowest BCUT2D eigenvalue weighted by Crippen LogP contribution is -2.62. The SMILES string of the molecule is O[C@](CCc1ccccc1)([C@@H]1CCCCN1)N(Cc1ccccc1)Cc1ccccc1. The molecule has 31 heavy (non-hydrogen) atoms. The van der Waals surface area contributed by atoms with E-state index < -0.39 is 5.72 Å². The molecule has 4 rings (SSSR count). The lowest BCUT2D eigenvalue weighted by Gasteiger charge is -2.47. The van der Waals surface area contributed by atoms with E-state index in [1.807, 2.05) is 0 Å². The zero-order valence-electron chi connectivity index (χ0n) is 18.3. The Morgan fingerprint density at radius 3 is 1.74 bits per heavy atom. The Balaban J connectivity index is 1.64. The van der Waals surface area contributed by atoms with Gasteiger partial charge in [-0.1, -0.05) is 97.4 Å². The van der Waals surface area contributed by atoms with Crippen molar-refractivity contribution in [2.24, 2.45) is 0 Å². The van der Waals surface area contributed by atoms with Crippen LogP contribution in [0.4, 0.5) is 0 Å². The monoisotopic (exact) mass is 414 g/mol. The molecule has 3 aromatic carbocycles. The summed E-state index contributed by atoms with van der Waals surface area (Å²) in [5, 5.41) is 16.0. The zero-order chi connectivity index (χ0) is 21.4. The molecule has 3 aromatic rings. The molecule has 3 nitrogen and oxygen atoms in total. The van der Waals surface area contributed by atoms with Crippen molar-refractivity contribution in [3.8, 4) is 0 Å². The van der Waals surface area contributed by atoms with E-state index >= 15 is 0 Å². The fourth-order valence-electron chi connectivity index (χ4n) is 4.71. The van der Waals surface area contributed by atoms with Crippen LogP contribution in [0.1, 0.15) is 42.4 Å². The first kappa shape index (κ1) is 21.8. The van der Waals surface area contributed by atoms with Crippen LogP contribution in [0.15, 0.2) is 91.0 Å². The predicted molar refractivity (Wildman–Crippen MR) is 127 cm³/mol. The van der Waals surface area contributed by atoms with Crippen LogP contribution < -0.4 is 5.32 Å². The van der Waals surface area contributed by atoms with E-state index in [4.69, 9.17) is 0 Å². The molecular weight excluding hydrogens is 380 g/mol. The third kappa shape index (κ3) is 5.82. The van der Waals surface area contributed by atoms with Crippen LogP contribution in [-0.2, 0) is 19.5 Å². The first-order chi connectivity index (χ1) is 15.2. The number of nitrogens with zero attached hydrogens (tertiary/aromatic N) is 1. The second-order valence-electron chi connectivity index (χ2n) is 8.69. The highest BCUT2D eigenvalue weighted by Gasteiger charge is 2.42. The number of hydrogen-bond donors (Lipinski definition) is 2. The van der Waals surface area contributed by atoms with Crippen molar-refractivity contribution in [3.63, 3.8) is 0 Å². The molecule has 2 atom stereocenters. The summed E-state index contributed by atoms with van der Waals surface area (Å²) < 4.78 is 0. The minimum atomic E-state index is -0.929. The average molecular weight is 415 g/mol. The first-order valence-electron chi connectivity index (χ1n) is 11.6. The summed E-state index contributed by atoms with van der Waals surface area (Å²) in [4.78, 5) is 2.30. The molecular formula is C28H34N2O. The number of nitrogens with one attached hydrogen (secondary N) is 1. The largest absolute Gasteiger partial charge is 0.374 e. The Bertz CT molecular complexity index is 853. The van der Waals surface area contributed by atoms with E-state index in [1.54, 1.807) is 0 Å². The van der Waals surface area contributed by atoms with Gasteiger partial charge in [0, 0.05) is 19.1 Å². The molecule has 0 unspecified atom stereocenters. The summed E-state index contributed by atoms with van der Waals surface area (Å²) in [6.07, 6.45) is 4.91. The smallest absolute Gasteiger partial charge is 0.134 e. The van der Waals surface area contributed by atoms with Gasteiger partial charge < -0.3 is 10.4 Å². The minimum absolute atomic E-state index is 0.0670. The van der Waals surface area contributed by atoms with Crippen molar-refractivity contribution in [1.82, 2.24) is 10.2 Å². The Morgan fingerprint density at radius 2 is 1.26 bits per heavy atom. The number of hydrogen-bond acceptors (Lipinski definition) is 3. The lowest BCUT2D eigenvalue weighted by atomic mass is 9.87. The molecule has 0 aliphatic carbocycles. The van der Waals surface area contributed by atoms with Crippen LogP contribution in [0.25, 0.3) is 0 Å². The van der Waals surface area contributed by atoms with Crippen molar-refractivity contribution in [3.05, 3.63) is 108 Å². The molecule has 0 spiro atoms. The van der Waals surface area contributed by atoms with E-state index in [1.165, 1.54) is 23.1 Å². The van der Waals surface area contributed by atoms with E-state index in [0.717, 1.165) is 38.9 Å². The Labute approximate surface area is 186 Å². The maximum atomic E-state index is 12.3. The molecule has 1 saturated heterocycles. The highest BCUT2D eigenvalue weighted by atomic mass is 16.3. The Morgan fingerprint density at radius 1 is 0.742 bits per heavy atom. The second kappa shape index (κ2) is 10.7. The van der Waals surface area contributed by atoms with Gasteiger partial charge in [-0.25, -0.2) is 0 Å². The normalized spacial score (nSPS) is 18.6. The van der Waals surface area contributed by atoms with Crippen molar-refractivity contribution in [2.45, 2.75) is 57.0 Å². The van der Waals surface area contributed by atoms with Crippen LogP contribution >= 0.6 is 0 Å². The van der Waals surface area contributed by atoms with E-state index in [0.29, 0.717) is 6.42 Å². The van der Waals surface area contributed by atoms with Crippen LogP contribution in [0.3, 0.4) is 0 Å². The van der Waals surface area contributed by atoms with Crippen molar-refractivity contribution >= 4 is 0 Å². The highest BCUT2D eigenvalue weighted by Crippen LogP contribution is 2.31. The number of aliphatic hydroxyl groups is 1. The van der Waals surface area contributed by atoms with Gasteiger partial charge in [0.25, 0.3) is 0 Å². The number of piperidine rings is 1. The Kier molecular flexibility index (Phi) is 7.52. The highest BCUT2D eigenvalue weighted by molar-refractivity contribution is 5.19. The molecule has 0 amide bonds. The molecule has 1 aliphatic heterocycles. The molecule has 0 aromatic heterocycles. The van der Waals surface area contributed by atoms with E-state index in [2.05, 4.69) is 101 Å². The molecule has 1 aliphatic rings. The van der Waals surface area contributed by atoms with Gasteiger partial charge in [0.2, 0.25) is 0 Å². The number of aryl methyl sites for hydroxylation is 1. The van der Waals surface area contributed by atoms with Crippen LogP contribution in [0.5, 0.6) is 0 Å². The van der Waals surface area contributed by atoms with Gasteiger partial charge in [0.1, 0.15) is 5.72 Å². The lowest BCUT2D eigenvalue weighted by molar-refractivity contribution is -0.152. The topological polar surface area (TPSA) is 35.5 Å². The first-order valence-corrected chi connectivity index (χ1v) is 11.6. The molecule has 0 saturated carbocycles. The third-order valence-corrected chi connectivity index (χ3v) is 6.47. The quantitative estimate of drug-likeness (QED) is 0.475. The molecule has 3 heteroatoms. The van der Waals surface area contributed by atoms with E-state index in [-0.39, 0.29) is 6.04 Å². The average Bonchev–Trinajstić information content (AvgIpc) is 2.85. The molecule has 162 valence electrons. The summed E-state index contributed by atoms with van der Waals surface area (Å²) in [7, 11) is 0. The van der Waals surface area contributed by atoms with Gasteiger partial charge in [0.05, 0.1) is 0 Å². The standard InChI is InChI=1S/C28H34N2O/c31-28(27-18-10-11-21-29-27,20-19-24-12-4-1-5-13-24)30(22-25-14-6-2-7-15-25)23-26-16-8-3-9-17-26/h1-9,12-17,27,29,31H,10-11,18-23H2/t27-,28+/m0/s1. The van der Waals surface area contributed by atoms with E-state index in [9.17, 15) is 5.11 Å². The maximum Gasteiger partial charge on any atom is 0.134 e. The molecule has 1 fully saturated rings. The minimum Gasteiger partial charge on any atom is -0.374 e. The van der Waals surface area contributed by atoms with Gasteiger partial charge in [0.15, 0.2) is 0 Å². The fourth-order valence-corrected chi connectivity index (χ4v) is 4.71. The van der Waals surface area contributed by atoms with Gasteiger partial charge in [-0.15, -0.1) is 0 Å².